The molecule has 0 bridgehead atoms. The summed E-state index contributed by atoms with van der Waals surface area (Å²) >= 11 is 0. The average molecular weight is 278 g/mol. The minimum Gasteiger partial charge on any atom is -0.350 e. The first-order valence-corrected chi connectivity index (χ1v) is 7.32. The first kappa shape index (κ1) is 15.0. The fraction of sp³-hybridized carbons (Fsp3) is 0.562. The number of benzene rings is 1. The molecular formula is C16H23FN2O. The van der Waals surface area contributed by atoms with Crippen molar-refractivity contribution in [1.29, 1.82) is 0 Å². The van der Waals surface area contributed by atoms with E-state index in [1.165, 1.54) is 6.07 Å². The van der Waals surface area contributed by atoms with Crippen LogP contribution in [0.1, 0.15) is 43.4 Å². The molecule has 2 unspecified atom stereocenters. The zero-order valence-electron chi connectivity index (χ0n) is 12.2. The Morgan fingerprint density at radius 3 is 3.00 bits per heavy atom. The van der Waals surface area contributed by atoms with Gasteiger partial charge in [-0.25, -0.2) is 4.39 Å². The predicted octanol–water partition coefficient (Wildman–Crippen LogP) is 2.70. The summed E-state index contributed by atoms with van der Waals surface area (Å²) in [6, 6.07) is 4.96. The van der Waals surface area contributed by atoms with Crippen molar-refractivity contribution in [1.82, 2.24) is 10.6 Å². The zero-order chi connectivity index (χ0) is 14.5. The number of rotatable bonds is 5. The van der Waals surface area contributed by atoms with Crippen molar-refractivity contribution in [2.75, 3.05) is 13.1 Å². The molecular weight excluding hydrogens is 255 g/mol. The first-order valence-electron chi connectivity index (χ1n) is 7.32. The van der Waals surface area contributed by atoms with Gasteiger partial charge in [0.2, 0.25) is 5.91 Å². The summed E-state index contributed by atoms with van der Waals surface area (Å²) in [4.78, 5) is 11.9. The number of aryl methyl sites for hydroxylation is 1. The summed E-state index contributed by atoms with van der Waals surface area (Å²) in [7, 11) is 0. The highest BCUT2D eigenvalue weighted by atomic mass is 19.1. The van der Waals surface area contributed by atoms with E-state index in [-0.39, 0.29) is 17.8 Å². The monoisotopic (exact) mass is 278 g/mol. The standard InChI is InChI=1S/C16H23FN2O/c1-11-3-5-14(9-15(11)17)12(2)19-16(20)6-4-13-7-8-18-10-13/h3,5,9,12-13,18H,4,6-8,10H2,1-2H3,(H,19,20). The molecule has 1 fully saturated rings. The second kappa shape index (κ2) is 6.84. The van der Waals surface area contributed by atoms with E-state index in [1.807, 2.05) is 13.0 Å². The van der Waals surface area contributed by atoms with Gasteiger partial charge in [0, 0.05) is 6.42 Å². The zero-order valence-corrected chi connectivity index (χ0v) is 12.2. The third kappa shape index (κ3) is 4.04. The van der Waals surface area contributed by atoms with Gasteiger partial charge in [0.05, 0.1) is 6.04 Å². The highest BCUT2D eigenvalue weighted by Gasteiger charge is 2.17. The fourth-order valence-electron chi connectivity index (χ4n) is 2.57. The summed E-state index contributed by atoms with van der Waals surface area (Å²) in [6.45, 7) is 5.70. The Balaban J connectivity index is 1.81. The van der Waals surface area contributed by atoms with Crippen LogP contribution in [0.4, 0.5) is 4.39 Å². The van der Waals surface area contributed by atoms with Gasteiger partial charge in [0.1, 0.15) is 5.82 Å². The van der Waals surface area contributed by atoms with Crippen molar-refractivity contribution < 1.29 is 9.18 Å². The van der Waals surface area contributed by atoms with Crippen LogP contribution in [-0.2, 0) is 4.79 Å². The van der Waals surface area contributed by atoms with Gasteiger partial charge in [-0.3, -0.25) is 4.79 Å². The van der Waals surface area contributed by atoms with Crippen molar-refractivity contribution in [2.45, 2.75) is 39.2 Å². The molecule has 20 heavy (non-hydrogen) atoms. The number of carbonyl (C=O) groups is 1. The highest BCUT2D eigenvalue weighted by molar-refractivity contribution is 5.76. The van der Waals surface area contributed by atoms with Gasteiger partial charge in [-0.1, -0.05) is 12.1 Å². The van der Waals surface area contributed by atoms with Crippen LogP contribution in [0.25, 0.3) is 0 Å². The molecule has 1 heterocycles. The van der Waals surface area contributed by atoms with Crippen molar-refractivity contribution >= 4 is 5.91 Å². The molecule has 2 N–H and O–H groups in total. The Morgan fingerprint density at radius 2 is 2.35 bits per heavy atom. The molecule has 110 valence electrons. The highest BCUT2D eigenvalue weighted by Crippen LogP contribution is 2.18. The third-order valence-corrected chi connectivity index (χ3v) is 4.02. The quantitative estimate of drug-likeness (QED) is 0.869. The Bertz CT molecular complexity index is 470. The van der Waals surface area contributed by atoms with Crippen molar-refractivity contribution in [3.05, 3.63) is 35.1 Å². The van der Waals surface area contributed by atoms with Gasteiger partial charge in [-0.2, -0.15) is 0 Å². The third-order valence-electron chi connectivity index (χ3n) is 4.02. The number of carbonyl (C=O) groups excluding carboxylic acids is 1. The fourth-order valence-corrected chi connectivity index (χ4v) is 2.57. The number of nitrogens with one attached hydrogen (secondary N) is 2. The number of hydrogen-bond donors (Lipinski definition) is 2. The van der Waals surface area contributed by atoms with E-state index in [0.29, 0.717) is 17.9 Å². The molecule has 1 aromatic carbocycles. The smallest absolute Gasteiger partial charge is 0.220 e. The van der Waals surface area contributed by atoms with Crippen LogP contribution < -0.4 is 10.6 Å². The molecule has 1 saturated heterocycles. The second-order valence-corrected chi connectivity index (χ2v) is 5.70. The lowest BCUT2D eigenvalue weighted by Gasteiger charge is -2.16. The lowest BCUT2D eigenvalue weighted by molar-refractivity contribution is -0.122. The number of amides is 1. The minimum atomic E-state index is -0.222. The van der Waals surface area contributed by atoms with Crippen LogP contribution in [0, 0.1) is 18.7 Å². The summed E-state index contributed by atoms with van der Waals surface area (Å²) < 4.78 is 13.5. The normalized spacial score (nSPS) is 19.9. The van der Waals surface area contributed by atoms with Crippen molar-refractivity contribution in [3.63, 3.8) is 0 Å². The average Bonchev–Trinajstić information content (AvgIpc) is 2.92. The van der Waals surface area contributed by atoms with Gasteiger partial charge in [-0.05, 0) is 62.9 Å². The van der Waals surface area contributed by atoms with E-state index >= 15 is 0 Å². The summed E-state index contributed by atoms with van der Waals surface area (Å²) in [5.41, 5.74) is 1.44. The van der Waals surface area contributed by atoms with Crippen molar-refractivity contribution in [2.24, 2.45) is 5.92 Å². The molecule has 3 nitrogen and oxygen atoms in total. The molecule has 0 radical (unpaired) electrons. The Labute approximate surface area is 120 Å². The topological polar surface area (TPSA) is 41.1 Å². The summed E-state index contributed by atoms with van der Waals surface area (Å²) in [5.74, 6) is 0.443. The largest absolute Gasteiger partial charge is 0.350 e. The van der Waals surface area contributed by atoms with Gasteiger partial charge < -0.3 is 10.6 Å². The molecule has 1 aliphatic heterocycles. The molecule has 0 aliphatic carbocycles. The Kier molecular flexibility index (Phi) is 5.12. The van der Waals surface area contributed by atoms with Crippen LogP contribution in [0.2, 0.25) is 0 Å². The Morgan fingerprint density at radius 1 is 1.55 bits per heavy atom. The lowest BCUT2D eigenvalue weighted by atomic mass is 10.0. The maximum absolute atomic E-state index is 13.5. The predicted molar refractivity (Wildman–Crippen MR) is 77.9 cm³/mol. The summed E-state index contributed by atoms with van der Waals surface area (Å²) in [6.07, 6.45) is 2.63. The Hall–Kier alpha value is -1.42. The van der Waals surface area contributed by atoms with Crippen LogP contribution in [-0.4, -0.2) is 19.0 Å². The van der Waals surface area contributed by atoms with E-state index in [4.69, 9.17) is 0 Å². The van der Waals surface area contributed by atoms with E-state index in [1.54, 1.807) is 13.0 Å². The molecule has 2 atom stereocenters. The van der Waals surface area contributed by atoms with Crippen molar-refractivity contribution in [3.8, 4) is 0 Å². The van der Waals surface area contributed by atoms with Gasteiger partial charge in [0.15, 0.2) is 0 Å². The molecule has 2 rings (SSSR count). The summed E-state index contributed by atoms with van der Waals surface area (Å²) in [5, 5.41) is 6.24. The van der Waals surface area contributed by atoms with E-state index in [9.17, 15) is 9.18 Å². The number of hydrogen-bond acceptors (Lipinski definition) is 2. The van der Waals surface area contributed by atoms with E-state index < -0.39 is 0 Å². The van der Waals surface area contributed by atoms with Crippen LogP contribution in [0.5, 0.6) is 0 Å². The second-order valence-electron chi connectivity index (χ2n) is 5.70. The van der Waals surface area contributed by atoms with E-state index in [0.717, 1.165) is 31.5 Å². The van der Waals surface area contributed by atoms with Crippen LogP contribution in [0.15, 0.2) is 18.2 Å². The molecule has 1 amide bonds. The molecule has 0 spiro atoms. The lowest BCUT2D eigenvalue weighted by Crippen LogP contribution is -2.27. The first-order chi connectivity index (χ1) is 9.56. The minimum absolute atomic E-state index is 0.0467. The van der Waals surface area contributed by atoms with Gasteiger partial charge in [0.25, 0.3) is 0 Å². The van der Waals surface area contributed by atoms with Crippen LogP contribution >= 0.6 is 0 Å². The molecule has 1 aromatic rings. The van der Waals surface area contributed by atoms with E-state index in [2.05, 4.69) is 10.6 Å². The van der Waals surface area contributed by atoms with Gasteiger partial charge >= 0.3 is 0 Å². The molecule has 0 saturated carbocycles. The maximum Gasteiger partial charge on any atom is 0.220 e. The SMILES string of the molecule is Cc1ccc(C(C)NC(=O)CCC2CCNC2)cc1F. The maximum atomic E-state index is 13.5. The van der Waals surface area contributed by atoms with Crippen LogP contribution in [0.3, 0.4) is 0 Å². The molecule has 0 aromatic heterocycles. The molecule has 1 aliphatic rings. The van der Waals surface area contributed by atoms with Gasteiger partial charge in [-0.15, -0.1) is 0 Å². The molecule has 4 heteroatoms. The number of halogens is 1.